The monoisotopic (exact) mass is 373 g/mol. The lowest BCUT2D eigenvalue weighted by atomic mass is 10.1. The smallest absolute Gasteiger partial charge is 0.410 e. The molecule has 7 heteroatoms. The van der Waals surface area contributed by atoms with E-state index >= 15 is 0 Å². The number of halogens is 1. The van der Waals surface area contributed by atoms with E-state index in [4.69, 9.17) is 9.47 Å². The molecule has 124 valence electrons. The lowest BCUT2D eigenvalue weighted by Gasteiger charge is -2.35. The maximum Gasteiger partial charge on any atom is 0.410 e. The summed E-state index contributed by atoms with van der Waals surface area (Å²) in [5.74, 6) is 0. The predicted octanol–water partition coefficient (Wildman–Crippen LogP) is 3.10. The van der Waals surface area contributed by atoms with Gasteiger partial charge in [0.25, 0.3) is 0 Å². The molecule has 0 N–H and O–H groups in total. The summed E-state index contributed by atoms with van der Waals surface area (Å²) < 4.78 is 13.6. The fourth-order valence-electron chi connectivity index (χ4n) is 2.43. The highest BCUT2D eigenvalue weighted by Crippen LogP contribution is 2.23. The van der Waals surface area contributed by atoms with Gasteiger partial charge in [-0.3, -0.25) is 9.58 Å². The lowest BCUT2D eigenvalue weighted by Crippen LogP contribution is -2.45. The number of rotatable bonds is 3. The first-order valence-electron chi connectivity index (χ1n) is 7.51. The molecule has 0 aromatic carbocycles. The minimum absolute atomic E-state index is 0.123. The summed E-state index contributed by atoms with van der Waals surface area (Å²) in [5, 5.41) is 4.41. The van der Waals surface area contributed by atoms with Gasteiger partial charge in [0.05, 0.1) is 16.7 Å². The fourth-order valence-corrected chi connectivity index (χ4v) is 2.94. The lowest BCUT2D eigenvalue weighted by molar-refractivity contribution is -0.00849. The highest BCUT2D eigenvalue weighted by Gasteiger charge is 2.30. The molecule has 1 amide bonds. The van der Waals surface area contributed by atoms with Crippen molar-refractivity contribution in [3.05, 3.63) is 16.4 Å². The average Bonchev–Trinajstić information content (AvgIpc) is 2.73. The molecule has 0 bridgehead atoms. The summed E-state index contributed by atoms with van der Waals surface area (Å²) in [6, 6.07) is 0.123. The molecular formula is C15H24BrN3O3. The van der Waals surface area contributed by atoms with Crippen LogP contribution in [-0.4, -0.2) is 45.6 Å². The largest absolute Gasteiger partial charge is 0.444 e. The summed E-state index contributed by atoms with van der Waals surface area (Å²) >= 11 is 3.49. The highest BCUT2D eigenvalue weighted by molar-refractivity contribution is 9.10. The molecule has 2 rings (SSSR count). The summed E-state index contributed by atoms with van der Waals surface area (Å²) in [6.07, 6.45) is 3.23. The van der Waals surface area contributed by atoms with Crippen molar-refractivity contribution in [2.45, 2.75) is 51.8 Å². The van der Waals surface area contributed by atoms with Gasteiger partial charge in [-0.2, -0.15) is 5.10 Å². The third kappa shape index (κ3) is 4.71. The molecule has 0 saturated carbocycles. The Bertz CT molecular complexity index is 519. The number of amides is 1. The van der Waals surface area contributed by atoms with Crippen LogP contribution in [0.4, 0.5) is 4.79 Å². The van der Waals surface area contributed by atoms with Gasteiger partial charge in [0.2, 0.25) is 0 Å². The highest BCUT2D eigenvalue weighted by atomic mass is 79.9. The molecule has 2 heterocycles. The normalized spacial score (nSPS) is 16.6. The zero-order valence-electron chi connectivity index (χ0n) is 13.6. The van der Waals surface area contributed by atoms with Crippen LogP contribution >= 0.6 is 15.9 Å². The second-order valence-corrected chi connectivity index (χ2v) is 7.40. The van der Waals surface area contributed by atoms with Gasteiger partial charge in [-0.1, -0.05) is 0 Å². The van der Waals surface area contributed by atoms with E-state index in [0.29, 0.717) is 19.8 Å². The first-order chi connectivity index (χ1) is 10.3. The Morgan fingerprint density at radius 3 is 2.64 bits per heavy atom. The Labute approximate surface area is 139 Å². The molecule has 1 saturated heterocycles. The third-order valence-electron chi connectivity index (χ3n) is 3.43. The molecule has 1 aromatic heterocycles. The standard InChI is InChI=1S/C15H24BrN3O3/c1-15(2,3)22-14(20)19(11-5-7-21-8-6-11)10-13-12(16)9-18(4)17-13/h9,11H,5-8,10H2,1-4H3. The Hall–Kier alpha value is -1.08. The molecule has 1 aliphatic heterocycles. The number of carbonyl (C=O) groups is 1. The zero-order chi connectivity index (χ0) is 16.3. The van der Waals surface area contributed by atoms with Crippen LogP contribution in [0.25, 0.3) is 0 Å². The average molecular weight is 374 g/mol. The second kappa shape index (κ2) is 7.00. The topological polar surface area (TPSA) is 56.6 Å². The summed E-state index contributed by atoms with van der Waals surface area (Å²) in [7, 11) is 1.86. The molecule has 0 aliphatic carbocycles. The van der Waals surface area contributed by atoms with Crippen LogP contribution in [0.1, 0.15) is 39.3 Å². The number of aryl methyl sites for hydroxylation is 1. The molecule has 0 atom stereocenters. The molecule has 0 spiro atoms. The molecule has 1 aromatic rings. The Kier molecular flexibility index (Phi) is 5.50. The van der Waals surface area contributed by atoms with Crippen molar-refractivity contribution in [3.63, 3.8) is 0 Å². The molecule has 1 fully saturated rings. The van der Waals surface area contributed by atoms with E-state index in [1.807, 2.05) is 34.0 Å². The van der Waals surface area contributed by atoms with E-state index in [-0.39, 0.29) is 12.1 Å². The quantitative estimate of drug-likeness (QED) is 0.816. The van der Waals surface area contributed by atoms with Gasteiger partial charge in [-0.15, -0.1) is 0 Å². The summed E-state index contributed by atoms with van der Waals surface area (Å²) in [6.45, 7) is 7.42. The summed E-state index contributed by atoms with van der Waals surface area (Å²) in [5.41, 5.74) is 0.321. The van der Waals surface area contributed by atoms with Gasteiger partial charge in [0.15, 0.2) is 0 Å². The van der Waals surface area contributed by atoms with Gasteiger partial charge >= 0.3 is 6.09 Å². The third-order valence-corrected chi connectivity index (χ3v) is 4.10. The van der Waals surface area contributed by atoms with Crippen LogP contribution in [0.2, 0.25) is 0 Å². The van der Waals surface area contributed by atoms with Crippen molar-refractivity contribution in [3.8, 4) is 0 Å². The number of ether oxygens (including phenoxy) is 2. The SMILES string of the molecule is Cn1cc(Br)c(CN(C(=O)OC(C)(C)C)C2CCOCC2)n1. The van der Waals surface area contributed by atoms with E-state index in [0.717, 1.165) is 23.0 Å². The van der Waals surface area contributed by atoms with E-state index < -0.39 is 5.60 Å². The Morgan fingerprint density at radius 1 is 1.50 bits per heavy atom. The van der Waals surface area contributed by atoms with Gasteiger partial charge in [-0.25, -0.2) is 4.79 Å². The maximum absolute atomic E-state index is 12.6. The Balaban J connectivity index is 2.17. The van der Waals surface area contributed by atoms with E-state index in [1.165, 1.54) is 0 Å². The minimum Gasteiger partial charge on any atom is -0.444 e. The van der Waals surface area contributed by atoms with Crippen molar-refractivity contribution in [1.29, 1.82) is 0 Å². The number of carbonyl (C=O) groups excluding carboxylic acids is 1. The van der Waals surface area contributed by atoms with Crippen LogP contribution in [0, 0.1) is 0 Å². The van der Waals surface area contributed by atoms with Crippen LogP contribution in [-0.2, 0) is 23.1 Å². The second-order valence-electron chi connectivity index (χ2n) is 6.55. The first-order valence-corrected chi connectivity index (χ1v) is 8.31. The minimum atomic E-state index is -0.512. The summed E-state index contributed by atoms with van der Waals surface area (Å²) in [4.78, 5) is 14.4. The molecule has 0 unspecified atom stereocenters. The van der Waals surface area contributed by atoms with Crippen molar-refractivity contribution in [2.24, 2.45) is 7.05 Å². The number of hydrogen-bond donors (Lipinski definition) is 0. The van der Waals surface area contributed by atoms with E-state index in [2.05, 4.69) is 21.0 Å². The van der Waals surface area contributed by atoms with Gasteiger partial charge in [-0.05, 0) is 49.5 Å². The van der Waals surface area contributed by atoms with E-state index in [1.54, 1.807) is 9.58 Å². The van der Waals surface area contributed by atoms with Gasteiger partial charge in [0, 0.05) is 32.5 Å². The maximum atomic E-state index is 12.6. The number of nitrogens with zero attached hydrogens (tertiary/aromatic N) is 3. The molecule has 0 radical (unpaired) electrons. The predicted molar refractivity (Wildman–Crippen MR) is 86.5 cm³/mol. The van der Waals surface area contributed by atoms with Gasteiger partial charge < -0.3 is 9.47 Å². The fraction of sp³-hybridized carbons (Fsp3) is 0.733. The van der Waals surface area contributed by atoms with Crippen LogP contribution in [0.15, 0.2) is 10.7 Å². The molecule has 1 aliphatic rings. The van der Waals surface area contributed by atoms with Crippen molar-refractivity contribution < 1.29 is 14.3 Å². The van der Waals surface area contributed by atoms with Crippen molar-refractivity contribution in [2.75, 3.05) is 13.2 Å². The molecular weight excluding hydrogens is 350 g/mol. The molecule has 6 nitrogen and oxygen atoms in total. The first kappa shape index (κ1) is 17.3. The zero-order valence-corrected chi connectivity index (χ0v) is 15.2. The van der Waals surface area contributed by atoms with Crippen LogP contribution in [0.3, 0.4) is 0 Å². The molecule has 22 heavy (non-hydrogen) atoms. The number of aromatic nitrogens is 2. The van der Waals surface area contributed by atoms with Crippen molar-refractivity contribution in [1.82, 2.24) is 14.7 Å². The van der Waals surface area contributed by atoms with Crippen molar-refractivity contribution >= 4 is 22.0 Å². The van der Waals surface area contributed by atoms with Crippen LogP contribution in [0.5, 0.6) is 0 Å². The van der Waals surface area contributed by atoms with Gasteiger partial charge in [0.1, 0.15) is 5.60 Å². The van der Waals surface area contributed by atoms with E-state index in [9.17, 15) is 4.79 Å². The number of hydrogen-bond acceptors (Lipinski definition) is 4. The Morgan fingerprint density at radius 2 is 2.14 bits per heavy atom. The van der Waals surface area contributed by atoms with Crippen LogP contribution < -0.4 is 0 Å².